The van der Waals surface area contributed by atoms with Crippen molar-refractivity contribution in [1.29, 1.82) is 0 Å². The van der Waals surface area contributed by atoms with Crippen LogP contribution in [0.1, 0.15) is 52.6 Å². The van der Waals surface area contributed by atoms with E-state index in [1.54, 1.807) is 23.5 Å². The van der Waals surface area contributed by atoms with E-state index in [0.717, 1.165) is 28.4 Å². The van der Waals surface area contributed by atoms with Crippen LogP contribution in [-0.2, 0) is 24.4 Å². The van der Waals surface area contributed by atoms with Gasteiger partial charge in [-0.3, -0.25) is 14.4 Å². The van der Waals surface area contributed by atoms with Crippen molar-refractivity contribution in [2.45, 2.75) is 40.4 Å². The van der Waals surface area contributed by atoms with Crippen LogP contribution in [0.3, 0.4) is 0 Å². The Morgan fingerprint density at radius 1 is 0.944 bits per heavy atom. The van der Waals surface area contributed by atoms with Gasteiger partial charge in [0.25, 0.3) is 11.8 Å². The molecule has 0 saturated carbocycles. The van der Waals surface area contributed by atoms with Gasteiger partial charge in [-0.2, -0.15) is 0 Å². The molecule has 4 aromatic rings. The molecule has 2 amide bonds. The van der Waals surface area contributed by atoms with Crippen LogP contribution in [-0.4, -0.2) is 22.7 Å². The van der Waals surface area contributed by atoms with Crippen LogP contribution >= 0.6 is 11.3 Å². The Kier molecular flexibility index (Phi) is 9.36. The van der Waals surface area contributed by atoms with Crippen molar-refractivity contribution in [3.63, 3.8) is 0 Å². The number of aromatic nitrogens is 1. The number of aryl methyl sites for hydroxylation is 1. The largest absolute Gasteiger partial charge is 0.348 e. The standard InChI is InChI=1S/C12H12N2O.C10H7NOS.C5H6O.C2H6/c1-2-14-7-8-6-13-12(15)9-4-3-5-10(14)11(8)9;12-10-7-2-1-3-8-9(7)6(4-11-10)5-13-8;1-2-3-4-5-6;1-2/h3-5,7H,2,6H2,1H3,(H,13,15);1-3,5H,4H2,(H,11,12);2-5H,1H2;1-2H3/b;;4-3+;. The summed E-state index contributed by atoms with van der Waals surface area (Å²) in [6, 6.07) is 11.8. The van der Waals surface area contributed by atoms with Crippen molar-refractivity contribution in [2.24, 2.45) is 0 Å². The average Bonchev–Trinajstić information content (AvgIpc) is 3.52. The fourth-order valence-corrected chi connectivity index (χ4v) is 5.15. The molecule has 0 unspecified atom stereocenters. The number of carbonyl (C=O) groups excluding carboxylic acids is 3. The zero-order valence-electron chi connectivity index (χ0n) is 20.8. The molecule has 0 fully saturated rings. The summed E-state index contributed by atoms with van der Waals surface area (Å²) in [6.07, 6.45) is 7.35. The summed E-state index contributed by atoms with van der Waals surface area (Å²) in [5, 5.41) is 10.1. The first-order valence-corrected chi connectivity index (χ1v) is 12.9. The van der Waals surface area contributed by atoms with Crippen molar-refractivity contribution in [2.75, 3.05) is 0 Å². The summed E-state index contributed by atoms with van der Waals surface area (Å²) < 4.78 is 3.40. The molecule has 7 heteroatoms. The number of nitrogens with zero attached hydrogens (tertiary/aromatic N) is 1. The normalized spacial score (nSPS) is 12.9. The van der Waals surface area contributed by atoms with Gasteiger partial charge in [-0.15, -0.1) is 11.3 Å². The molecule has 6 rings (SSSR count). The number of hydrogen-bond donors (Lipinski definition) is 2. The van der Waals surface area contributed by atoms with Crippen molar-refractivity contribution in [1.82, 2.24) is 15.2 Å². The summed E-state index contributed by atoms with van der Waals surface area (Å²) in [4.78, 5) is 32.5. The van der Waals surface area contributed by atoms with Gasteiger partial charge in [-0.05, 0) is 53.8 Å². The number of carbonyl (C=O) groups is 3. The Labute approximate surface area is 215 Å². The predicted molar refractivity (Wildman–Crippen MR) is 149 cm³/mol. The molecule has 36 heavy (non-hydrogen) atoms. The van der Waals surface area contributed by atoms with E-state index in [9.17, 15) is 14.4 Å². The van der Waals surface area contributed by atoms with Gasteiger partial charge in [0, 0.05) is 57.9 Å². The van der Waals surface area contributed by atoms with E-state index < -0.39 is 0 Å². The number of nitrogens with one attached hydrogen (secondary N) is 2. The molecule has 2 aromatic carbocycles. The second kappa shape index (κ2) is 12.7. The minimum atomic E-state index is 0.0435. The molecule has 2 aliphatic rings. The molecule has 0 spiro atoms. The Hall–Kier alpha value is -3.97. The molecule has 2 aromatic heterocycles. The molecule has 0 atom stereocenters. The van der Waals surface area contributed by atoms with Crippen LogP contribution in [0.25, 0.3) is 21.0 Å². The van der Waals surface area contributed by atoms with Gasteiger partial charge in [0.2, 0.25) is 0 Å². The van der Waals surface area contributed by atoms with Crippen LogP contribution < -0.4 is 10.6 Å². The van der Waals surface area contributed by atoms with E-state index in [2.05, 4.69) is 52.4 Å². The number of allylic oxidation sites excluding steroid dienone is 3. The highest BCUT2D eigenvalue weighted by Gasteiger charge is 2.21. The fraction of sp³-hybridized carbons (Fsp3) is 0.207. The van der Waals surface area contributed by atoms with Gasteiger partial charge < -0.3 is 15.2 Å². The lowest BCUT2D eigenvalue weighted by molar-refractivity contribution is -0.104. The van der Waals surface area contributed by atoms with Gasteiger partial charge in [-0.25, -0.2) is 0 Å². The molecule has 0 bridgehead atoms. The second-order valence-electron chi connectivity index (χ2n) is 7.70. The van der Waals surface area contributed by atoms with E-state index in [-0.39, 0.29) is 11.8 Å². The van der Waals surface area contributed by atoms with E-state index >= 15 is 0 Å². The van der Waals surface area contributed by atoms with E-state index in [1.165, 1.54) is 27.4 Å². The van der Waals surface area contributed by atoms with E-state index in [1.807, 2.05) is 38.1 Å². The van der Waals surface area contributed by atoms with Crippen LogP contribution in [0.2, 0.25) is 0 Å². The maximum absolute atomic E-state index is 11.6. The number of amides is 2. The van der Waals surface area contributed by atoms with Crippen molar-refractivity contribution >= 4 is 50.4 Å². The Balaban J connectivity index is 0.000000157. The quantitative estimate of drug-likeness (QED) is 0.205. The van der Waals surface area contributed by atoms with Gasteiger partial charge in [0.1, 0.15) is 6.29 Å². The third-order valence-corrected chi connectivity index (χ3v) is 6.69. The smallest absolute Gasteiger partial charge is 0.252 e. The average molecular weight is 502 g/mol. The van der Waals surface area contributed by atoms with Gasteiger partial charge >= 0.3 is 0 Å². The highest BCUT2D eigenvalue weighted by atomic mass is 32.1. The highest BCUT2D eigenvalue weighted by Crippen LogP contribution is 2.31. The number of aldehydes is 1. The third-order valence-electron chi connectivity index (χ3n) is 5.69. The van der Waals surface area contributed by atoms with Crippen LogP contribution in [0.15, 0.2) is 72.8 Å². The third kappa shape index (κ3) is 5.47. The Morgan fingerprint density at radius 2 is 1.58 bits per heavy atom. The van der Waals surface area contributed by atoms with E-state index in [0.29, 0.717) is 19.4 Å². The summed E-state index contributed by atoms with van der Waals surface area (Å²) >= 11 is 1.70. The number of rotatable bonds is 3. The molecule has 0 aliphatic carbocycles. The first-order valence-electron chi connectivity index (χ1n) is 12.0. The lowest BCUT2D eigenvalue weighted by Gasteiger charge is -2.12. The highest BCUT2D eigenvalue weighted by molar-refractivity contribution is 7.17. The zero-order chi connectivity index (χ0) is 26.1. The fourth-order valence-electron chi connectivity index (χ4n) is 4.16. The first kappa shape index (κ1) is 26.6. The molecule has 2 N–H and O–H groups in total. The second-order valence-corrected chi connectivity index (χ2v) is 8.61. The molecule has 4 heterocycles. The molecular weight excluding hydrogens is 470 g/mol. The first-order chi connectivity index (χ1) is 17.6. The van der Waals surface area contributed by atoms with E-state index in [4.69, 9.17) is 0 Å². The molecule has 0 saturated heterocycles. The van der Waals surface area contributed by atoms with Crippen LogP contribution in [0.5, 0.6) is 0 Å². The monoisotopic (exact) mass is 501 g/mol. The lowest BCUT2D eigenvalue weighted by Crippen LogP contribution is -2.26. The maximum Gasteiger partial charge on any atom is 0.252 e. The van der Waals surface area contributed by atoms with Crippen LogP contribution in [0, 0.1) is 0 Å². The lowest BCUT2D eigenvalue weighted by atomic mass is 10.0. The SMILES string of the molecule is C=C/C=C/C=O.CC.CCn1cc2c3c(cccc31)C(=O)NC2.O=C1NCc2csc3cccc1c23. The summed E-state index contributed by atoms with van der Waals surface area (Å²) in [6.45, 7) is 11.7. The predicted octanol–water partition coefficient (Wildman–Crippen LogP) is 6.00. The number of thiophene rings is 1. The number of hydrogen-bond acceptors (Lipinski definition) is 4. The molecule has 2 aliphatic heterocycles. The maximum atomic E-state index is 11.6. The summed E-state index contributed by atoms with van der Waals surface area (Å²) in [5.74, 6) is 0.0958. The van der Waals surface area contributed by atoms with Crippen molar-refractivity contribution in [3.05, 3.63) is 95.0 Å². The molecule has 6 nitrogen and oxygen atoms in total. The molecule has 186 valence electrons. The van der Waals surface area contributed by atoms with Crippen molar-refractivity contribution in [3.8, 4) is 0 Å². The summed E-state index contributed by atoms with van der Waals surface area (Å²) in [5.41, 5.74) is 5.26. The van der Waals surface area contributed by atoms with Gasteiger partial charge in [-0.1, -0.05) is 44.7 Å². The number of benzene rings is 2. The Bertz CT molecular complexity index is 1420. The molecule has 0 radical (unpaired) electrons. The minimum absolute atomic E-state index is 0.0435. The van der Waals surface area contributed by atoms with Crippen molar-refractivity contribution < 1.29 is 14.4 Å². The summed E-state index contributed by atoms with van der Waals surface area (Å²) in [7, 11) is 0. The minimum Gasteiger partial charge on any atom is -0.348 e. The van der Waals surface area contributed by atoms with Gasteiger partial charge in [0.15, 0.2) is 0 Å². The Morgan fingerprint density at radius 3 is 2.19 bits per heavy atom. The van der Waals surface area contributed by atoms with Crippen LogP contribution in [0.4, 0.5) is 0 Å². The molecular formula is C29H31N3O3S. The van der Waals surface area contributed by atoms with Gasteiger partial charge in [0.05, 0.1) is 0 Å². The topological polar surface area (TPSA) is 80.2 Å². The zero-order valence-corrected chi connectivity index (χ0v) is 21.7.